The van der Waals surface area contributed by atoms with Crippen LogP contribution in [0.15, 0.2) is 4.79 Å². The number of rotatable bonds is 0. The van der Waals surface area contributed by atoms with E-state index in [-0.39, 0.29) is 16.5 Å². The van der Waals surface area contributed by atoms with Gasteiger partial charge in [-0.3, -0.25) is 9.89 Å². The van der Waals surface area contributed by atoms with Gasteiger partial charge >= 0.3 is 0 Å². The van der Waals surface area contributed by atoms with Crippen molar-refractivity contribution in [2.45, 2.75) is 59.4 Å². The number of aryl methyl sites for hydroxylation is 1. The fourth-order valence-electron chi connectivity index (χ4n) is 1.90. The van der Waals surface area contributed by atoms with Crippen LogP contribution in [0.4, 0.5) is 0 Å². The Morgan fingerprint density at radius 2 is 1.53 bits per heavy atom. The molecule has 0 unspecified atom stereocenters. The number of hydrogen-bond donors (Lipinski definition) is 1. The molecule has 0 spiro atoms. The molecule has 0 aromatic carbocycles. The van der Waals surface area contributed by atoms with Crippen LogP contribution >= 0.6 is 0 Å². The molecule has 3 nitrogen and oxygen atoms in total. The van der Waals surface area contributed by atoms with Gasteiger partial charge in [-0.15, -0.1) is 0 Å². The molecule has 3 heteroatoms. The third-order valence-electron chi connectivity index (χ3n) is 2.49. The smallest absolute Gasteiger partial charge is 0.270 e. The zero-order chi connectivity index (χ0) is 12.0. The summed E-state index contributed by atoms with van der Waals surface area (Å²) in [6, 6.07) is 0. The lowest BCUT2D eigenvalue weighted by Gasteiger charge is -2.20. The number of nitrogens with one attached hydrogen (secondary N) is 1. The highest BCUT2D eigenvalue weighted by molar-refractivity contribution is 5.24. The third kappa shape index (κ3) is 2.16. The summed E-state index contributed by atoms with van der Waals surface area (Å²) in [7, 11) is 0. The molecule has 15 heavy (non-hydrogen) atoms. The Bertz CT molecular complexity index is 410. The Kier molecular flexibility index (Phi) is 2.62. The lowest BCUT2D eigenvalue weighted by atomic mass is 9.87. The molecule has 1 heterocycles. The zero-order valence-corrected chi connectivity index (χ0v) is 10.9. The van der Waals surface area contributed by atoms with Crippen LogP contribution in [-0.2, 0) is 11.0 Å². The van der Waals surface area contributed by atoms with Gasteiger partial charge in [-0.1, -0.05) is 20.8 Å². The second kappa shape index (κ2) is 3.26. The van der Waals surface area contributed by atoms with Gasteiger partial charge < -0.3 is 0 Å². The van der Waals surface area contributed by atoms with Crippen LogP contribution in [0.1, 0.15) is 52.8 Å². The lowest BCUT2D eigenvalue weighted by Crippen LogP contribution is -2.35. The van der Waals surface area contributed by atoms with Crippen LogP contribution in [0.3, 0.4) is 0 Å². The van der Waals surface area contributed by atoms with Gasteiger partial charge in [-0.25, -0.2) is 4.68 Å². The highest BCUT2D eigenvalue weighted by Gasteiger charge is 2.27. The van der Waals surface area contributed by atoms with E-state index < -0.39 is 0 Å². The molecule has 0 saturated heterocycles. The van der Waals surface area contributed by atoms with Crippen molar-refractivity contribution < 1.29 is 0 Å². The fourth-order valence-corrected chi connectivity index (χ4v) is 1.90. The molecule has 0 aliphatic rings. The Hall–Kier alpha value is -0.990. The maximum atomic E-state index is 12.2. The van der Waals surface area contributed by atoms with Crippen LogP contribution in [0.2, 0.25) is 0 Å². The van der Waals surface area contributed by atoms with Crippen molar-refractivity contribution in [3.05, 3.63) is 21.6 Å². The molecule has 1 rings (SSSR count). The molecule has 0 aliphatic carbocycles. The Labute approximate surface area is 91.5 Å². The van der Waals surface area contributed by atoms with Crippen molar-refractivity contribution in [2.75, 3.05) is 0 Å². The Morgan fingerprint density at radius 3 is 1.73 bits per heavy atom. The molecule has 0 radical (unpaired) electrons. The predicted molar refractivity (Wildman–Crippen MR) is 63.5 cm³/mol. The summed E-state index contributed by atoms with van der Waals surface area (Å²) in [5.41, 5.74) is 1.67. The average molecular weight is 210 g/mol. The normalized spacial score (nSPS) is 13.3. The summed E-state index contributed by atoms with van der Waals surface area (Å²) in [6.07, 6.45) is 0. The summed E-state index contributed by atoms with van der Waals surface area (Å²) in [6.45, 7) is 14.2. The van der Waals surface area contributed by atoms with E-state index in [9.17, 15) is 4.79 Å². The van der Waals surface area contributed by atoms with Gasteiger partial charge in [-0.2, -0.15) is 0 Å². The quantitative estimate of drug-likeness (QED) is 0.702. The maximum Gasteiger partial charge on any atom is 0.270 e. The zero-order valence-electron chi connectivity index (χ0n) is 10.9. The summed E-state index contributed by atoms with van der Waals surface area (Å²) in [4.78, 5) is 12.2. The second-order valence-corrected chi connectivity index (χ2v) is 6.17. The number of nitrogens with zero attached hydrogens (tertiary/aromatic N) is 1. The van der Waals surface area contributed by atoms with Gasteiger partial charge in [0.15, 0.2) is 0 Å². The van der Waals surface area contributed by atoms with Gasteiger partial charge in [-0.05, 0) is 33.1 Å². The monoisotopic (exact) mass is 210 g/mol. The Morgan fingerprint density at radius 1 is 1.07 bits per heavy atom. The first-order valence-electron chi connectivity index (χ1n) is 5.37. The van der Waals surface area contributed by atoms with Gasteiger partial charge in [0.25, 0.3) is 5.56 Å². The minimum atomic E-state index is -0.189. The first-order chi connectivity index (χ1) is 6.55. The lowest BCUT2D eigenvalue weighted by molar-refractivity contribution is 0.343. The van der Waals surface area contributed by atoms with E-state index in [4.69, 9.17) is 0 Å². The SMILES string of the molecule is Cc1[nH]n(C(C)(C)C)c(=O)c1C(C)(C)C. The third-order valence-corrected chi connectivity index (χ3v) is 2.49. The molecule has 0 saturated carbocycles. The molecule has 1 aromatic heterocycles. The van der Waals surface area contributed by atoms with Crippen molar-refractivity contribution in [3.8, 4) is 0 Å². The molecule has 1 N–H and O–H groups in total. The number of aromatic nitrogens is 2. The van der Waals surface area contributed by atoms with Crippen molar-refractivity contribution in [3.63, 3.8) is 0 Å². The van der Waals surface area contributed by atoms with Crippen LogP contribution < -0.4 is 5.56 Å². The maximum absolute atomic E-state index is 12.2. The molecule has 0 fully saturated rings. The predicted octanol–water partition coefficient (Wildman–Crippen LogP) is 2.54. The van der Waals surface area contributed by atoms with Crippen LogP contribution in [0, 0.1) is 6.92 Å². The van der Waals surface area contributed by atoms with Crippen LogP contribution in [-0.4, -0.2) is 9.78 Å². The molecule has 0 atom stereocenters. The fraction of sp³-hybridized carbons (Fsp3) is 0.750. The molecule has 0 bridgehead atoms. The average Bonchev–Trinajstić information content (AvgIpc) is 2.22. The molecule has 0 aliphatic heterocycles. The number of hydrogen-bond acceptors (Lipinski definition) is 1. The van der Waals surface area contributed by atoms with E-state index in [1.807, 2.05) is 27.7 Å². The highest BCUT2D eigenvalue weighted by Crippen LogP contribution is 2.22. The van der Waals surface area contributed by atoms with Gasteiger partial charge in [0, 0.05) is 11.3 Å². The summed E-state index contributed by atoms with van der Waals surface area (Å²) < 4.78 is 1.71. The minimum Gasteiger partial charge on any atom is -0.299 e. The summed E-state index contributed by atoms with van der Waals surface area (Å²) >= 11 is 0. The van der Waals surface area contributed by atoms with Crippen LogP contribution in [0.25, 0.3) is 0 Å². The van der Waals surface area contributed by atoms with Gasteiger partial charge in [0.2, 0.25) is 0 Å². The largest absolute Gasteiger partial charge is 0.299 e. The Balaban J connectivity index is 3.48. The second-order valence-electron chi connectivity index (χ2n) is 6.17. The van der Waals surface area contributed by atoms with E-state index in [1.54, 1.807) is 4.68 Å². The van der Waals surface area contributed by atoms with Crippen LogP contribution in [0.5, 0.6) is 0 Å². The molecular formula is C12H22N2O. The van der Waals surface area contributed by atoms with E-state index >= 15 is 0 Å². The van der Waals surface area contributed by atoms with Crippen molar-refractivity contribution in [1.29, 1.82) is 0 Å². The van der Waals surface area contributed by atoms with E-state index in [2.05, 4.69) is 25.9 Å². The summed E-state index contributed by atoms with van der Waals surface area (Å²) in [5, 5.41) is 3.16. The minimum absolute atomic E-state index is 0.103. The molecule has 0 amide bonds. The van der Waals surface area contributed by atoms with Crippen molar-refractivity contribution >= 4 is 0 Å². The summed E-state index contributed by atoms with van der Waals surface area (Å²) in [5.74, 6) is 0. The van der Waals surface area contributed by atoms with E-state index in [0.717, 1.165) is 11.3 Å². The first kappa shape index (κ1) is 12.1. The van der Waals surface area contributed by atoms with Gasteiger partial charge in [0.1, 0.15) is 0 Å². The van der Waals surface area contributed by atoms with Crippen molar-refractivity contribution in [2.24, 2.45) is 0 Å². The van der Waals surface area contributed by atoms with Crippen molar-refractivity contribution in [1.82, 2.24) is 9.78 Å². The number of H-pyrrole nitrogens is 1. The van der Waals surface area contributed by atoms with E-state index in [0.29, 0.717) is 0 Å². The van der Waals surface area contributed by atoms with Gasteiger partial charge in [0.05, 0.1) is 5.54 Å². The highest BCUT2D eigenvalue weighted by atomic mass is 16.1. The molecular weight excluding hydrogens is 188 g/mol. The number of aromatic amines is 1. The topological polar surface area (TPSA) is 37.8 Å². The molecule has 1 aromatic rings. The van der Waals surface area contributed by atoms with E-state index in [1.165, 1.54) is 0 Å². The molecule has 86 valence electrons. The first-order valence-corrected chi connectivity index (χ1v) is 5.37. The standard InChI is InChI=1S/C12H22N2O/c1-8-9(11(2,3)4)10(15)14(13-8)12(5,6)7/h13H,1-7H3.